The Bertz CT molecular complexity index is 1370. The van der Waals surface area contributed by atoms with Crippen molar-refractivity contribution in [3.8, 4) is 22.9 Å². The topological polar surface area (TPSA) is 150 Å². The summed E-state index contributed by atoms with van der Waals surface area (Å²) in [5, 5.41) is 31.7. The Morgan fingerprint density at radius 1 is 0.943 bits per heavy atom. The number of ether oxygens (including phenoxy) is 1. The molecule has 1 unspecified atom stereocenters. The maximum atomic E-state index is 13.2. The van der Waals surface area contributed by atoms with E-state index in [4.69, 9.17) is 15.6 Å². The molecule has 176 valence electrons. The van der Waals surface area contributed by atoms with Crippen molar-refractivity contribution >= 4 is 17.8 Å². The van der Waals surface area contributed by atoms with Crippen molar-refractivity contribution in [3.05, 3.63) is 107 Å². The van der Waals surface area contributed by atoms with Crippen LogP contribution in [0.2, 0.25) is 0 Å². The Labute approximate surface area is 200 Å². The highest BCUT2D eigenvalue weighted by molar-refractivity contribution is 5.87. The summed E-state index contributed by atoms with van der Waals surface area (Å²) < 4.78 is 6.33. The molecule has 0 bridgehead atoms. The number of carboxylic acids is 2. The number of nitrogens with two attached hydrogens (primary N) is 1. The van der Waals surface area contributed by atoms with E-state index >= 15 is 0 Å². The summed E-state index contributed by atoms with van der Waals surface area (Å²) in [6.07, 6.45) is -0.361. The molecule has 0 aliphatic heterocycles. The number of aromatic carboxylic acids is 1. The molecule has 0 saturated carbocycles. The zero-order chi connectivity index (χ0) is 24.9. The Morgan fingerprint density at radius 2 is 1.63 bits per heavy atom. The van der Waals surface area contributed by atoms with E-state index < -0.39 is 17.9 Å². The number of nitrogens with zero attached hydrogens (tertiary/aromatic N) is 2. The molecule has 35 heavy (non-hydrogen) atoms. The summed E-state index contributed by atoms with van der Waals surface area (Å²) in [5.74, 6) is -2.24. The fourth-order valence-electron chi connectivity index (χ4n) is 3.68. The van der Waals surface area contributed by atoms with Crippen LogP contribution in [0, 0.1) is 5.21 Å². The van der Waals surface area contributed by atoms with Crippen LogP contribution < -0.4 is 15.2 Å². The van der Waals surface area contributed by atoms with E-state index in [1.807, 2.05) is 6.07 Å². The van der Waals surface area contributed by atoms with E-state index in [-0.39, 0.29) is 23.6 Å². The molecule has 9 heteroatoms. The van der Waals surface area contributed by atoms with Crippen molar-refractivity contribution in [1.29, 1.82) is 0 Å². The van der Waals surface area contributed by atoms with Gasteiger partial charge >= 0.3 is 17.8 Å². The van der Waals surface area contributed by atoms with Crippen molar-refractivity contribution in [2.24, 2.45) is 0 Å². The molecule has 2 aromatic heterocycles. The highest BCUT2D eigenvalue weighted by Gasteiger charge is 2.27. The number of carboxylic acid groups (broad SMARTS) is 2. The summed E-state index contributed by atoms with van der Waals surface area (Å²) in [4.78, 5) is 27.0. The lowest BCUT2D eigenvalue weighted by molar-refractivity contribution is -0.620. The molecule has 4 rings (SSSR count). The van der Waals surface area contributed by atoms with Crippen molar-refractivity contribution in [2.75, 3.05) is 5.73 Å². The first kappa shape index (κ1) is 23.2. The van der Waals surface area contributed by atoms with Gasteiger partial charge in [-0.05, 0) is 60.2 Å². The predicted octanol–water partition coefficient (Wildman–Crippen LogP) is 4.06. The molecule has 1 atom stereocenters. The molecule has 0 spiro atoms. The van der Waals surface area contributed by atoms with E-state index in [9.17, 15) is 19.9 Å². The molecule has 0 aliphatic carbocycles. The number of aliphatic carboxylic acids is 1. The van der Waals surface area contributed by atoms with Gasteiger partial charge in [0.1, 0.15) is 11.6 Å². The first-order valence-corrected chi connectivity index (χ1v) is 10.6. The number of hydrogen-bond acceptors (Lipinski definition) is 6. The summed E-state index contributed by atoms with van der Waals surface area (Å²) in [6.45, 7) is 0. The van der Waals surface area contributed by atoms with Crippen LogP contribution in [0.1, 0.15) is 34.0 Å². The summed E-state index contributed by atoms with van der Waals surface area (Å²) in [5.41, 5.74) is 7.98. The van der Waals surface area contributed by atoms with Gasteiger partial charge in [-0.2, -0.15) is 0 Å². The quantitative estimate of drug-likeness (QED) is 0.257. The maximum absolute atomic E-state index is 13.2. The number of hydrogen-bond donors (Lipinski definition) is 3. The Kier molecular flexibility index (Phi) is 6.59. The van der Waals surface area contributed by atoms with Crippen LogP contribution in [0.3, 0.4) is 0 Å². The van der Waals surface area contributed by atoms with E-state index in [1.54, 1.807) is 42.5 Å². The first-order valence-electron chi connectivity index (χ1n) is 10.6. The second kappa shape index (κ2) is 9.92. The Hall–Kier alpha value is -4.92. The number of pyridine rings is 2. The number of anilines is 1. The minimum Gasteiger partial charge on any atom is -0.616 e. The molecule has 4 N–H and O–H groups in total. The van der Waals surface area contributed by atoms with Gasteiger partial charge in [0.25, 0.3) is 0 Å². The lowest BCUT2D eigenvalue weighted by Crippen LogP contribution is -2.35. The molecular weight excluding hydrogens is 450 g/mol. The molecule has 0 fully saturated rings. The highest BCUT2D eigenvalue weighted by Crippen LogP contribution is 2.29. The first-order chi connectivity index (χ1) is 16.8. The number of benzene rings is 2. The SMILES string of the molecule is Nc1cccc(-c2ccc(Oc3cccc(C(CC(=O)O)c4ccc(C(=O)O)cc4)[n+]3[O-])cc2)n1. The third-order valence-electron chi connectivity index (χ3n) is 5.38. The summed E-state index contributed by atoms with van der Waals surface area (Å²) in [6, 6.07) is 22.6. The monoisotopic (exact) mass is 471 g/mol. The highest BCUT2D eigenvalue weighted by atomic mass is 16.6. The van der Waals surface area contributed by atoms with Gasteiger partial charge in [-0.15, -0.1) is 4.73 Å². The molecule has 0 aliphatic rings. The van der Waals surface area contributed by atoms with Gasteiger partial charge in [-0.25, -0.2) is 9.78 Å². The number of aromatic nitrogens is 2. The lowest BCUT2D eigenvalue weighted by atomic mass is 9.91. The van der Waals surface area contributed by atoms with Crippen molar-refractivity contribution < 1.29 is 29.3 Å². The zero-order valence-electron chi connectivity index (χ0n) is 18.4. The fourth-order valence-corrected chi connectivity index (χ4v) is 3.68. The molecule has 9 nitrogen and oxygen atoms in total. The molecule has 2 aromatic carbocycles. The van der Waals surface area contributed by atoms with Gasteiger partial charge in [-0.1, -0.05) is 18.2 Å². The minimum atomic E-state index is -1.10. The zero-order valence-corrected chi connectivity index (χ0v) is 18.4. The van der Waals surface area contributed by atoms with Crippen LogP contribution in [-0.4, -0.2) is 27.1 Å². The molecule has 0 amide bonds. The summed E-state index contributed by atoms with van der Waals surface area (Å²) >= 11 is 0. The van der Waals surface area contributed by atoms with Crippen molar-refractivity contribution in [2.45, 2.75) is 12.3 Å². The normalized spacial score (nSPS) is 11.5. The van der Waals surface area contributed by atoms with Gasteiger partial charge in [0.05, 0.1) is 29.7 Å². The average Bonchev–Trinajstić information content (AvgIpc) is 2.84. The second-order valence-electron chi connectivity index (χ2n) is 7.74. The van der Waals surface area contributed by atoms with Gasteiger partial charge in [0, 0.05) is 11.6 Å². The Morgan fingerprint density at radius 3 is 2.26 bits per heavy atom. The number of nitrogen functional groups attached to an aromatic ring is 1. The lowest BCUT2D eigenvalue weighted by Gasteiger charge is -2.17. The van der Waals surface area contributed by atoms with Crippen molar-refractivity contribution in [3.63, 3.8) is 0 Å². The van der Waals surface area contributed by atoms with Gasteiger partial charge in [0.15, 0.2) is 0 Å². The van der Waals surface area contributed by atoms with Crippen LogP contribution in [-0.2, 0) is 4.79 Å². The number of carbonyl (C=O) groups is 2. The van der Waals surface area contributed by atoms with Crippen LogP contribution in [0.15, 0.2) is 84.9 Å². The van der Waals surface area contributed by atoms with Gasteiger partial charge < -0.3 is 25.9 Å². The Balaban J connectivity index is 1.62. The predicted molar refractivity (Wildman–Crippen MR) is 127 cm³/mol. The maximum Gasteiger partial charge on any atom is 0.385 e. The second-order valence-corrected chi connectivity index (χ2v) is 7.74. The van der Waals surface area contributed by atoms with E-state index in [2.05, 4.69) is 4.98 Å². The van der Waals surface area contributed by atoms with E-state index in [0.29, 0.717) is 27.6 Å². The number of rotatable bonds is 8. The van der Waals surface area contributed by atoms with Crippen LogP contribution >= 0.6 is 0 Å². The van der Waals surface area contributed by atoms with Crippen LogP contribution in [0.5, 0.6) is 11.6 Å². The molecule has 4 aromatic rings. The molecule has 2 heterocycles. The van der Waals surface area contributed by atoms with Crippen molar-refractivity contribution in [1.82, 2.24) is 4.98 Å². The average molecular weight is 471 g/mol. The molecule has 0 saturated heterocycles. The fraction of sp³-hybridized carbons (Fsp3) is 0.0769. The van der Waals surface area contributed by atoms with Gasteiger partial charge in [0.2, 0.25) is 5.69 Å². The third-order valence-corrected chi connectivity index (χ3v) is 5.38. The van der Waals surface area contributed by atoms with E-state index in [0.717, 1.165) is 5.56 Å². The summed E-state index contributed by atoms with van der Waals surface area (Å²) in [7, 11) is 0. The third kappa shape index (κ3) is 5.36. The molecule has 0 radical (unpaired) electrons. The van der Waals surface area contributed by atoms with Gasteiger partial charge in [-0.3, -0.25) is 4.79 Å². The molecular formula is C26H21N3O6. The minimum absolute atomic E-state index is 0.0325. The smallest absolute Gasteiger partial charge is 0.385 e. The van der Waals surface area contributed by atoms with Crippen LogP contribution in [0.4, 0.5) is 5.82 Å². The largest absolute Gasteiger partial charge is 0.616 e. The van der Waals surface area contributed by atoms with E-state index in [1.165, 1.54) is 36.4 Å². The standard InChI is InChI=1S/C26H21N3O6/c27-23-5-1-3-21(28-23)17-11-13-19(14-12-17)35-24-6-2-4-22(29(24)34)20(15-25(30)31)16-7-9-18(10-8-16)26(32)33/h1-14,20H,15H2,(H2,27,28)(H,30,31)(H,32,33). The van der Waals surface area contributed by atoms with Crippen LogP contribution in [0.25, 0.3) is 11.3 Å².